The lowest BCUT2D eigenvalue weighted by molar-refractivity contribution is 0.402. The molecular formula is C17H16N2O2. The first kappa shape index (κ1) is 14.6. The van der Waals surface area contributed by atoms with E-state index in [0.717, 1.165) is 6.21 Å². The smallest absolute Gasteiger partial charge is 0.173 e. The Morgan fingerprint density at radius 2 is 1.90 bits per heavy atom. The maximum absolute atomic E-state index is 9.70. The van der Waals surface area contributed by atoms with Crippen LogP contribution in [0.25, 0.3) is 0 Å². The first-order chi connectivity index (χ1) is 10.2. The number of hydrogen-bond donors (Lipinski definition) is 4. The van der Waals surface area contributed by atoms with Crippen molar-refractivity contribution in [2.75, 3.05) is 6.54 Å². The summed E-state index contributed by atoms with van der Waals surface area (Å²) in [6, 6.07) is 12.9. The topological polar surface area (TPSA) is 76.3 Å². The van der Waals surface area contributed by atoms with Gasteiger partial charge in [-0.25, -0.2) is 0 Å². The van der Waals surface area contributed by atoms with Crippen LogP contribution in [-0.4, -0.2) is 23.0 Å². The highest BCUT2D eigenvalue weighted by molar-refractivity contribution is 5.80. The molecule has 0 heterocycles. The minimum atomic E-state index is -0.266. The molecular weight excluding hydrogens is 264 g/mol. The van der Waals surface area contributed by atoms with Gasteiger partial charge in [-0.15, -0.1) is 0 Å². The van der Waals surface area contributed by atoms with Crippen LogP contribution in [0.15, 0.2) is 42.5 Å². The second-order valence-corrected chi connectivity index (χ2v) is 4.47. The average Bonchev–Trinajstić information content (AvgIpc) is 2.51. The van der Waals surface area contributed by atoms with Crippen LogP contribution in [0.4, 0.5) is 0 Å². The number of benzene rings is 2. The van der Waals surface area contributed by atoms with Gasteiger partial charge in [0.2, 0.25) is 0 Å². The third-order valence-electron chi connectivity index (χ3n) is 2.89. The molecule has 0 saturated heterocycles. The van der Waals surface area contributed by atoms with E-state index in [9.17, 15) is 10.2 Å². The van der Waals surface area contributed by atoms with Crippen LogP contribution in [-0.2, 0) is 6.54 Å². The van der Waals surface area contributed by atoms with E-state index in [4.69, 9.17) is 5.41 Å². The Hall–Kier alpha value is -2.77. The number of hydrogen-bond acceptors (Lipinski definition) is 4. The fourth-order valence-corrected chi connectivity index (χ4v) is 1.82. The van der Waals surface area contributed by atoms with Gasteiger partial charge in [0.25, 0.3) is 0 Å². The monoisotopic (exact) mass is 280 g/mol. The molecule has 0 amide bonds. The highest BCUT2D eigenvalue weighted by Gasteiger charge is 2.05. The van der Waals surface area contributed by atoms with Gasteiger partial charge >= 0.3 is 0 Å². The maximum atomic E-state index is 9.70. The molecule has 4 N–H and O–H groups in total. The van der Waals surface area contributed by atoms with Gasteiger partial charge in [-0.2, -0.15) is 0 Å². The summed E-state index contributed by atoms with van der Waals surface area (Å²) < 4.78 is 0. The highest BCUT2D eigenvalue weighted by atomic mass is 16.3. The Kier molecular flexibility index (Phi) is 4.97. The van der Waals surface area contributed by atoms with Crippen LogP contribution >= 0.6 is 0 Å². The summed E-state index contributed by atoms with van der Waals surface area (Å²) in [7, 11) is 0. The van der Waals surface area contributed by atoms with Gasteiger partial charge in [-0.05, 0) is 23.3 Å². The van der Waals surface area contributed by atoms with Crippen LogP contribution in [0.5, 0.6) is 11.5 Å². The van der Waals surface area contributed by atoms with Crippen molar-refractivity contribution in [1.82, 2.24) is 5.32 Å². The lowest BCUT2D eigenvalue weighted by Crippen LogP contribution is -2.12. The van der Waals surface area contributed by atoms with Crippen molar-refractivity contribution >= 4 is 6.21 Å². The third-order valence-corrected chi connectivity index (χ3v) is 2.89. The Bertz CT molecular complexity index is 685. The van der Waals surface area contributed by atoms with Crippen molar-refractivity contribution in [3.63, 3.8) is 0 Å². The third kappa shape index (κ3) is 4.10. The molecule has 2 aromatic rings. The predicted molar refractivity (Wildman–Crippen MR) is 82.7 cm³/mol. The number of nitrogens with one attached hydrogen (secondary N) is 2. The molecule has 0 aromatic heterocycles. The lowest BCUT2D eigenvalue weighted by atomic mass is 10.1. The number of aromatic hydroxyl groups is 2. The van der Waals surface area contributed by atoms with Crippen molar-refractivity contribution in [2.45, 2.75) is 6.54 Å². The summed E-state index contributed by atoms with van der Waals surface area (Å²) >= 11 is 0. The Labute approximate surface area is 123 Å². The fraction of sp³-hybridized carbons (Fsp3) is 0.118. The van der Waals surface area contributed by atoms with Crippen molar-refractivity contribution in [3.8, 4) is 23.3 Å². The zero-order valence-electron chi connectivity index (χ0n) is 11.4. The second kappa shape index (κ2) is 7.13. The van der Waals surface area contributed by atoms with Gasteiger partial charge in [0.1, 0.15) is 0 Å². The Balaban J connectivity index is 1.97. The van der Waals surface area contributed by atoms with E-state index in [1.807, 2.05) is 30.3 Å². The first-order valence-corrected chi connectivity index (χ1v) is 6.50. The Morgan fingerprint density at radius 3 is 2.62 bits per heavy atom. The average molecular weight is 280 g/mol. The normalized spacial score (nSPS) is 9.71. The summed E-state index contributed by atoms with van der Waals surface area (Å²) in [6.45, 7) is 1.18. The first-order valence-electron chi connectivity index (χ1n) is 6.50. The molecule has 4 heteroatoms. The second-order valence-electron chi connectivity index (χ2n) is 4.47. The molecule has 106 valence electrons. The SMILES string of the molecule is N=Cc1cc(O)c(O)c(C#CCNCc2ccccc2)c1. The summed E-state index contributed by atoms with van der Waals surface area (Å²) in [4.78, 5) is 0. The molecule has 0 atom stereocenters. The Morgan fingerprint density at radius 1 is 1.14 bits per heavy atom. The molecule has 0 bridgehead atoms. The van der Waals surface area contributed by atoms with Crippen LogP contribution in [0.1, 0.15) is 16.7 Å². The van der Waals surface area contributed by atoms with Gasteiger partial charge in [0.15, 0.2) is 11.5 Å². The van der Waals surface area contributed by atoms with E-state index in [1.54, 1.807) is 6.07 Å². The van der Waals surface area contributed by atoms with Gasteiger partial charge < -0.3 is 20.9 Å². The fourth-order valence-electron chi connectivity index (χ4n) is 1.82. The van der Waals surface area contributed by atoms with Gasteiger partial charge in [-0.1, -0.05) is 42.2 Å². The molecule has 0 saturated carbocycles. The van der Waals surface area contributed by atoms with E-state index in [1.165, 1.54) is 11.6 Å². The molecule has 0 unspecified atom stereocenters. The summed E-state index contributed by atoms with van der Waals surface area (Å²) in [5.74, 6) is 5.15. The van der Waals surface area contributed by atoms with Gasteiger partial charge in [0.05, 0.1) is 12.1 Å². The van der Waals surface area contributed by atoms with Crippen molar-refractivity contribution in [1.29, 1.82) is 5.41 Å². The predicted octanol–water partition coefficient (Wildman–Crippen LogP) is 2.24. The molecule has 4 nitrogen and oxygen atoms in total. The molecule has 0 fully saturated rings. The van der Waals surface area contributed by atoms with Crippen molar-refractivity contribution in [3.05, 3.63) is 59.2 Å². The molecule has 2 rings (SSSR count). The zero-order chi connectivity index (χ0) is 15.1. The maximum Gasteiger partial charge on any atom is 0.173 e. The quantitative estimate of drug-likeness (QED) is 0.300. The number of phenolic OH excluding ortho intramolecular Hbond substituents is 2. The molecule has 2 aromatic carbocycles. The van der Waals surface area contributed by atoms with Gasteiger partial charge in [0, 0.05) is 12.8 Å². The van der Waals surface area contributed by atoms with Crippen LogP contribution < -0.4 is 5.32 Å². The number of rotatable bonds is 4. The van der Waals surface area contributed by atoms with Crippen LogP contribution in [0.2, 0.25) is 0 Å². The van der Waals surface area contributed by atoms with E-state index >= 15 is 0 Å². The van der Waals surface area contributed by atoms with Crippen molar-refractivity contribution in [2.24, 2.45) is 0 Å². The highest BCUT2D eigenvalue weighted by Crippen LogP contribution is 2.29. The summed E-state index contributed by atoms with van der Waals surface area (Å²) in [5, 5.41) is 29.6. The zero-order valence-corrected chi connectivity index (χ0v) is 11.4. The summed E-state index contributed by atoms with van der Waals surface area (Å²) in [6.07, 6.45) is 1.10. The van der Waals surface area contributed by atoms with Crippen LogP contribution in [0, 0.1) is 17.3 Å². The molecule has 0 aliphatic rings. The molecule has 0 aliphatic heterocycles. The minimum Gasteiger partial charge on any atom is -0.504 e. The van der Waals surface area contributed by atoms with E-state index in [-0.39, 0.29) is 11.5 Å². The van der Waals surface area contributed by atoms with E-state index < -0.39 is 0 Å². The molecule has 0 spiro atoms. The minimum absolute atomic E-state index is 0.254. The largest absolute Gasteiger partial charge is 0.504 e. The lowest BCUT2D eigenvalue weighted by Gasteiger charge is -2.02. The van der Waals surface area contributed by atoms with Crippen molar-refractivity contribution < 1.29 is 10.2 Å². The standard InChI is InChI=1S/C17H16N2O2/c18-11-14-9-15(17(21)16(20)10-14)7-4-8-19-12-13-5-2-1-3-6-13/h1-3,5-6,9-11,18-21H,8,12H2. The summed E-state index contributed by atoms with van der Waals surface area (Å²) in [5.41, 5.74) is 1.98. The molecule has 0 aliphatic carbocycles. The molecule has 0 radical (unpaired) electrons. The molecule has 21 heavy (non-hydrogen) atoms. The van der Waals surface area contributed by atoms with Crippen LogP contribution in [0.3, 0.4) is 0 Å². The van der Waals surface area contributed by atoms with Gasteiger partial charge in [-0.3, -0.25) is 0 Å². The van der Waals surface area contributed by atoms with E-state index in [0.29, 0.717) is 24.2 Å². The van der Waals surface area contributed by atoms with E-state index in [2.05, 4.69) is 17.2 Å². The number of phenols is 2.